The number of ketones is 1. The van der Waals surface area contributed by atoms with Crippen LogP contribution in [0.1, 0.15) is 44.9 Å². The third kappa shape index (κ3) is 1.50. The minimum Gasteiger partial charge on any atom is -0.295 e. The number of carbonyl (C=O) groups excluding carboxylic acids is 1. The SMILES string of the molecule is C#CCCC12CCCC1=CC(=O)CC2. The number of rotatable bonds is 2. The van der Waals surface area contributed by atoms with Crippen LogP contribution in [0.25, 0.3) is 0 Å². The Morgan fingerprint density at radius 2 is 2.29 bits per heavy atom. The largest absolute Gasteiger partial charge is 0.295 e. The van der Waals surface area contributed by atoms with Gasteiger partial charge in [-0.15, -0.1) is 12.3 Å². The molecule has 0 amide bonds. The highest BCUT2D eigenvalue weighted by Crippen LogP contribution is 2.51. The minimum atomic E-state index is 0.318. The van der Waals surface area contributed by atoms with Gasteiger partial charge in [0.2, 0.25) is 0 Å². The van der Waals surface area contributed by atoms with E-state index in [-0.39, 0.29) is 0 Å². The molecule has 0 saturated heterocycles. The van der Waals surface area contributed by atoms with Crippen molar-refractivity contribution in [1.82, 2.24) is 0 Å². The molecule has 0 aromatic carbocycles. The van der Waals surface area contributed by atoms with E-state index < -0.39 is 0 Å². The monoisotopic (exact) mass is 188 g/mol. The molecule has 0 bridgehead atoms. The maximum Gasteiger partial charge on any atom is 0.155 e. The number of terminal acetylenes is 1. The molecule has 1 nitrogen and oxygen atoms in total. The van der Waals surface area contributed by atoms with E-state index in [1.54, 1.807) is 0 Å². The van der Waals surface area contributed by atoms with Crippen LogP contribution in [-0.4, -0.2) is 5.78 Å². The van der Waals surface area contributed by atoms with E-state index in [0.717, 1.165) is 32.1 Å². The molecule has 1 saturated carbocycles. The summed E-state index contributed by atoms with van der Waals surface area (Å²) in [7, 11) is 0. The molecule has 0 heterocycles. The predicted octanol–water partition coefficient (Wildman–Crippen LogP) is 2.86. The first-order chi connectivity index (χ1) is 6.77. The zero-order chi connectivity index (χ0) is 10.0. The Hall–Kier alpha value is -1.03. The predicted molar refractivity (Wildman–Crippen MR) is 56.7 cm³/mol. The van der Waals surface area contributed by atoms with Gasteiger partial charge in [0.05, 0.1) is 0 Å². The van der Waals surface area contributed by atoms with E-state index in [2.05, 4.69) is 5.92 Å². The zero-order valence-electron chi connectivity index (χ0n) is 8.51. The van der Waals surface area contributed by atoms with Gasteiger partial charge in [0.25, 0.3) is 0 Å². The van der Waals surface area contributed by atoms with E-state index in [0.29, 0.717) is 11.2 Å². The Bertz CT molecular complexity index is 319. The Morgan fingerprint density at radius 1 is 1.43 bits per heavy atom. The lowest BCUT2D eigenvalue weighted by Crippen LogP contribution is -2.24. The summed E-state index contributed by atoms with van der Waals surface area (Å²) in [6.45, 7) is 0. The number of hydrogen-bond acceptors (Lipinski definition) is 1. The van der Waals surface area contributed by atoms with Crippen molar-refractivity contribution in [2.45, 2.75) is 44.9 Å². The summed E-state index contributed by atoms with van der Waals surface area (Å²) in [6, 6.07) is 0. The number of carbonyl (C=O) groups is 1. The van der Waals surface area contributed by atoms with Crippen molar-refractivity contribution in [1.29, 1.82) is 0 Å². The van der Waals surface area contributed by atoms with E-state index in [4.69, 9.17) is 6.42 Å². The fourth-order valence-electron chi connectivity index (χ4n) is 2.90. The highest BCUT2D eigenvalue weighted by molar-refractivity contribution is 5.91. The molecule has 1 unspecified atom stereocenters. The highest BCUT2D eigenvalue weighted by Gasteiger charge is 2.40. The van der Waals surface area contributed by atoms with Gasteiger partial charge in [-0.3, -0.25) is 4.79 Å². The average Bonchev–Trinajstić information content (AvgIpc) is 2.58. The molecular weight excluding hydrogens is 172 g/mol. The molecule has 2 aliphatic rings. The van der Waals surface area contributed by atoms with Crippen molar-refractivity contribution >= 4 is 5.78 Å². The number of hydrogen-bond donors (Lipinski definition) is 0. The smallest absolute Gasteiger partial charge is 0.155 e. The molecular formula is C13H16O. The fraction of sp³-hybridized carbons (Fsp3) is 0.615. The molecule has 0 radical (unpaired) electrons. The van der Waals surface area contributed by atoms with Gasteiger partial charge in [0.1, 0.15) is 0 Å². The lowest BCUT2D eigenvalue weighted by molar-refractivity contribution is -0.115. The second kappa shape index (κ2) is 3.61. The van der Waals surface area contributed by atoms with Crippen molar-refractivity contribution < 1.29 is 4.79 Å². The summed E-state index contributed by atoms with van der Waals surface area (Å²) >= 11 is 0. The van der Waals surface area contributed by atoms with Crippen LogP contribution in [0.2, 0.25) is 0 Å². The van der Waals surface area contributed by atoms with E-state index in [1.165, 1.54) is 18.4 Å². The molecule has 74 valence electrons. The van der Waals surface area contributed by atoms with Gasteiger partial charge in [-0.05, 0) is 43.6 Å². The van der Waals surface area contributed by atoms with Crippen molar-refractivity contribution in [3.05, 3.63) is 11.6 Å². The zero-order valence-corrected chi connectivity index (χ0v) is 8.51. The van der Waals surface area contributed by atoms with Crippen molar-refractivity contribution in [2.24, 2.45) is 5.41 Å². The first-order valence-electron chi connectivity index (χ1n) is 5.44. The standard InChI is InChI=1S/C13H16O/c1-2-3-7-13-8-4-5-11(13)10-12(14)6-9-13/h1,10H,3-9H2. The maximum atomic E-state index is 11.3. The quantitative estimate of drug-likeness (QED) is 0.609. The van der Waals surface area contributed by atoms with Crippen LogP contribution in [0, 0.1) is 17.8 Å². The molecule has 0 aliphatic heterocycles. The normalized spacial score (nSPS) is 30.8. The number of fused-ring (bicyclic) bond motifs is 1. The first kappa shape index (κ1) is 9.52. The van der Waals surface area contributed by atoms with Gasteiger partial charge in [-0.1, -0.05) is 5.57 Å². The molecule has 0 aromatic rings. The molecule has 1 fully saturated rings. The molecule has 0 N–H and O–H groups in total. The number of allylic oxidation sites excluding steroid dienone is 2. The maximum absolute atomic E-state index is 11.3. The van der Waals surface area contributed by atoms with Crippen LogP contribution in [0.5, 0.6) is 0 Å². The van der Waals surface area contributed by atoms with Gasteiger partial charge in [0, 0.05) is 12.8 Å². The summed E-state index contributed by atoms with van der Waals surface area (Å²) in [5.41, 5.74) is 1.71. The third-order valence-electron chi connectivity index (χ3n) is 3.72. The van der Waals surface area contributed by atoms with Gasteiger partial charge in [0.15, 0.2) is 5.78 Å². The fourth-order valence-corrected chi connectivity index (χ4v) is 2.90. The summed E-state index contributed by atoms with van der Waals surface area (Å²) < 4.78 is 0. The summed E-state index contributed by atoms with van der Waals surface area (Å²) in [5, 5.41) is 0. The van der Waals surface area contributed by atoms with Crippen molar-refractivity contribution in [3.63, 3.8) is 0 Å². The van der Waals surface area contributed by atoms with Crippen molar-refractivity contribution in [2.75, 3.05) is 0 Å². The minimum absolute atomic E-state index is 0.318. The van der Waals surface area contributed by atoms with E-state index in [9.17, 15) is 4.79 Å². The summed E-state index contributed by atoms with van der Waals surface area (Å²) in [6.07, 6.45) is 14.5. The third-order valence-corrected chi connectivity index (χ3v) is 3.72. The topological polar surface area (TPSA) is 17.1 Å². The van der Waals surface area contributed by atoms with Crippen molar-refractivity contribution in [3.8, 4) is 12.3 Å². The molecule has 2 aliphatic carbocycles. The van der Waals surface area contributed by atoms with Crippen LogP contribution >= 0.6 is 0 Å². The van der Waals surface area contributed by atoms with Crippen LogP contribution in [-0.2, 0) is 4.79 Å². The first-order valence-corrected chi connectivity index (χ1v) is 5.44. The van der Waals surface area contributed by atoms with Gasteiger partial charge >= 0.3 is 0 Å². The van der Waals surface area contributed by atoms with Crippen LogP contribution < -0.4 is 0 Å². The molecule has 0 spiro atoms. The molecule has 1 heteroatoms. The van der Waals surface area contributed by atoms with Crippen LogP contribution in [0.4, 0.5) is 0 Å². The highest BCUT2D eigenvalue weighted by atomic mass is 16.1. The lowest BCUT2D eigenvalue weighted by atomic mass is 9.71. The average molecular weight is 188 g/mol. The summed E-state index contributed by atoms with van der Waals surface area (Å²) in [5.74, 6) is 3.04. The van der Waals surface area contributed by atoms with Gasteiger partial charge in [-0.25, -0.2) is 0 Å². The Balaban J connectivity index is 2.20. The Labute approximate surface area is 85.6 Å². The second-order valence-corrected chi connectivity index (χ2v) is 4.47. The molecule has 0 aromatic heterocycles. The molecule has 1 atom stereocenters. The summed E-state index contributed by atoms with van der Waals surface area (Å²) in [4.78, 5) is 11.3. The second-order valence-electron chi connectivity index (χ2n) is 4.47. The van der Waals surface area contributed by atoms with Gasteiger partial charge < -0.3 is 0 Å². The Morgan fingerprint density at radius 3 is 3.07 bits per heavy atom. The van der Waals surface area contributed by atoms with Crippen LogP contribution in [0.3, 0.4) is 0 Å². The van der Waals surface area contributed by atoms with E-state index >= 15 is 0 Å². The Kier molecular flexibility index (Phi) is 2.46. The molecule has 14 heavy (non-hydrogen) atoms. The lowest BCUT2D eigenvalue weighted by Gasteiger charge is -2.33. The van der Waals surface area contributed by atoms with Gasteiger partial charge in [-0.2, -0.15) is 0 Å². The molecule has 2 rings (SSSR count). The van der Waals surface area contributed by atoms with Crippen LogP contribution in [0.15, 0.2) is 11.6 Å². The van der Waals surface area contributed by atoms with E-state index in [1.807, 2.05) is 6.08 Å².